The van der Waals surface area contributed by atoms with Gasteiger partial charge in [0.15, 0.2) is 5.75 Å². The van der Waals surface area contributed by atoms with E-state index in [0.717, 1.165) is 50.5 Å². The Kier molecular flexibility index (Phi) is 4.82. The third-order valence-corrected chi connectivity index (χ3v) is 8.72. The van der Waals surface area contributed by atoms with Crippen LogP contribution in [0.15, 0.2) is 140 Å². The zero-order valence-electron chi connectivity index (χ0n) is 22.6. The monoisotopic (exact) mass is 538 g/mol. The lowest BCUT2D eigenvalue weighted by Crippen LogP contribution is -2.40. The van der Waals surface area contributed by atoms with Gasteiger partial charge in [-0.05, 0) is 74.2 Å². The van der Waals surface area contributed by atoms with Gasteiger partial charge in [0.25, 0.3) is 5.69 Å². The summed E-state index contributed by atoms with van der Waals surface area (Å²) in [5, 5.41) is 4.77. The van der Waals surface area contributed by atoms with E-state index in [4.69, 9.17) is 4.74 Å². The van der Waals surface area contributed by atoms with Crippen LogP contribution < -0.4 is 4.74 Å². The Morgan fingerprint density at radius 2 is 1.19 bits per heavy atom. The van der Waals surface area contributed by atoms with Crippen LogP contribution in [0.5, 0.6) is 5.75 Å². The van der Waals surface area contributed by atoms with Gasteiger partial charge in [-0.2, -0.15) is 0 Å². The molecular formula is C39H24NO2+. The third kappa shape index (κ3) is 3.28. The first-order chi connectivity index (χ1) is 20.7. The topological polar surface area (TPSA) is 29.3 Å². The summed E-state index contributed by atoms with van der Waals surface area (Å²) < 4.78 is 8.70. The Labute approximate surface area is 243 Å². The van der Waals surface area contributed by atoms with Gasteiger partial charge in [-0.15, -0.1) is 4.58 Å². The highest BCUT2D eigenvalue weighted by molar-refractivity contribution is 6.13. The van der Waals surface area contributed by atoms with Gasteiger partial charge in [-0.1, -0.05) is 103 Å². The van der Waals surface area contributed by atoms with Crippen molar-refractivity contribution in [3.8, 4) is 28.0 Å². The summed E-state index contributed by atoms with van der Waals surface area (Å²) in [6, 6.07) is 41.9. The van der Waals surface area contributed by atoms with Gasteiger partial charge in [-0.25, -0.2) is 4.79 Å². The van der Waals surface area contributed by atoms with E-state index in [0.29, 0.717) is 5.56 Å². The summed E-state index contributed by atoms with van der Waals surface area (Å²) in [5.74, 6) is 0.697. The summed E-state index contributed by atoms with van der Waals surface area (Å²) in [6.07, 6.45) is 5.91. The minimum atomic E-state index is -0.402. The average Bonchev–Trinajstić information content (AvgIpc) is 3.05. The quantitative estimate of drug-likeness (QED) is 0.206. The minimum Gasteiger partial charge on any atom is -0.468 e. The Balaban J connectivity index is 1.28. The number of nitrogens with zero attached hydrogens (tertiary/aromatic N) is 1. The van der Waals surface area contributed by atoms with E-state index < -0.39 is 6.10 Å². The van der Waals surface area contributed by atoms with Crippen molar-refractivity contribution in [3.63, 3.8) is 0 Å². The van der Waals surface area contributed by atoms with Crippen molar-refractivity contribution in [2.45, 2.75) is 6.10 Å². The molecule has 3 heteroatoms. The van der Waals surface area contributed by atoms with E-state index in [-0.39, 0.29) is 5.91 Å². The summed E-state index contributed by atoms with van der Waals surface area (Å²) in [4.78, 5) is 14.1. The van der Waals surface area contributed by atoms with Gasteiger partial charge in [-0.3, -0.25) is 0 Å². The molecule has 1 amide bonds. The number of rotatable bonds is 2. The van der Waals surface area contributed by atoms with Crippen LogP contribution in [0.2, 0.25) is 0 Å². The Bertz CT molecular complexity index is 2240. The van der Waals surface area contributed by atoms with Crippen molar-refractivity contribution in [1.29, 1.82) is 0 Å². The first kappa shape index (κ1) is 23.2. The lowest BCUT2D eigenvalue weighted by Gasteiger charge is -2.29. The van der Waals surface area contributed by atoms with Crippen LogP contribution in [-0.4, -0.2) is 22.3 Å². The van der Waals surface area contributed by atoms with Crippen LogP contribution >= 0.6 is 0 Å². The molecule has 1 atom stereocenters. The highest BCUT2D eigenvalue weighted by Gasteiger charge is 2.46. The predicted octanol–water partition coefficient (Wildman–Crippen LogP) is 8.98. The molecule has 0 bridgehead atoms. The van der Waals surface area contributed by atoms with Crippen LogP contribution in [-0.2, 0) is 0 Å². The number of ether oxygens (including phenoxy) is 1. The number of amides is 1. The third-order valence-electron chi connectivity index (χ3n) is 8.72. The first-order valence-corrected chi connectivity index (χ1v) is 14.3. The van der Waals surface area contributed by atoms with Gasteiger partial charge < -0.3 is 4.74 Å². The summed E-state index contributed by atoms with van der Waals surface area (Å²) in [6.45, 7) is 0. The number of fused-ring (bicyclic) bond motifs is 5. The Hall–Kier alpha value is -5.54. The van der Waals surface area contributed by atoms with Crippen LogP contribution in [0.3, 0.4) is 0 Å². The lowest BCUT2D eigenvalue weighted by atomic mass is 9.87. The SMILES string of the molecule is O=C1c2ccccc2-c2cc(-c3cccc4ccccc34)cc3c2[N+]1=C1C=CC(c2cccc4ccccc24)=CC1O3. The molecule has 0 saturated carbocycles. The van der Waals surface area contributed by atoms with E-state index in [1.807, 2.05) is 28.8 Å². The molecule has 0 radical (unpaired) electrons. The highest BCUT2D eigenvalue weighted by atomic mass is 16.5. The fourth-order valence-electron chi connectivity index (χ4n) is 6.80. The van der Waals surface area contributed by atoms with Crippen molar-refractivity contribution in [1.82, 2.24) is 0 Å². The lowest BCUT2D eigenvalue weighted by molar-refractivity contribution is -0.343. The molecular weight excluding hydrogens is 514 g/mol. The van der Waals surface area contributed by atoms with Gasteiger partial charge >= 0.3 is 5.91 Å². The zero-order chi connectivity index (χ0) is 27.8. The van der Waals surface area contributed by atoms with Gasteiger partial charge in [0.1, 0.15) is 0 Å². The molecule has 2 aliphatic heterocycles. The molecule has 0 saturated heterocycles. The number of carbonyl (C=O) groups excluding carboxylic acids is 1. The molecule has 3 aliphatic rings. The fraction of sp³-hybridized carbons (Fsp3) is 0.0256. The van der Waals surface area contributed by atoms with Crippen molar-refractivity contribution >= 4 is 44.4 Å². The largest absolute Gasteiger partial charge is 0.468 e. The van der Waals surface area contributed by atoms with Gasteiger partial charge in [0.05, 0.1) is 11.1 Å². The number of carbonyl (C=O) groups is 1. The molecule has 0 N–H and O–H groups in total. The van der Waals surface area contributed by atoms with Gasteiger partial charge in [0.2, 0.25) is 11.8 Å². The number of allylic oxidation sites excluding steroid dienone is 2. The zero-order valence-corrected chi connectivity index (χ0v) is 22.6. The van der Waals surface area contributed by atoms with E-state index >= 15 is 0 Å². The van der Waals surface area contributed by atoms with E-state index in [1.165, 1.54) is 21.5 Å². The van der Waals surface area contributed by atoms with Crippen LogP contribution in [0.25, 0.3) is 49.4 Å². The van der Waals surface area contributed by atoms with E-state index in [1.54, 1.807) is 0 Å². The second kappa shape index (κ2) is 8.73. The molecule has 1 unspecified atom stereocenters. The van der Waals surface area contributed by atoms with Crippen LogP contribution in [0, 0.1) is 0 Å². The van der Waals surface area contributed by atoms with Crippen molar-refractivity contribution < 1.29 is 14.1 Å². The summed E-state index contributed by atoms with van der Waals surface area (Å²) >= 11 is 0. The maximum absolute atomic E-state index is 14.1. The van der Waals surface area contributed by atoms with Crippen molar-refractivity contribution in [2.24, 2.45) is 0 Å². The number of hydrogen-bond acceptors (Lipinski definition) is 2. The Morgan fingerprint density at radius 3 is 1.98 bits per heavy atom. The molecule has 0 fully saturated rings. The molecule has 1 aliphatic carbocycles. The van der Waals surface area contributed by atoms with E-state index in [9.17, 15) is 4.79 Å². The van der Waals surface area contributed by atoms with Crippen LogP contribution in [0.4, 0.5) is 5.69 Å². The average molecular weight is 539 g/mol. The summed E-state index contributed by atoms with van der Waals surface area (Å²) in [7, 11) is 0. The Morgan fingerprint density at radius 1 is 0.571 bits per heavy atom. The summed E-state index contributed by atoms with van der Waals surface area (Å²) in [5.41, 5.74) is 8.75. The van der Waals surface area contributed by atoms with Gasteiger partial charge in [0, 0.05) is 11.6 Å². The maximum atomic E-state index is 14.1. The predicted molar refractivity (Wildman–Crippen MR) is 170 cm³/mol. The first-order valence-electron chi connectivity index (χ1n) is 14.3. The molecule has 2 heterocycles. The maximum Gasteiger partial charge on any atom is 0.426 e. The molecule has 3 nitrogen and oxygen atoms in total. The minimum absolute atomic E-state index is 0.0211. The highest BCUT2D eigenvalue weighted by Crippen LogP contribution is 2.49. The molecule has 42 heavy (non-hydrogen) atoms. The number of hydrogen-bond donors (Lipinski definition) is 0. The second-order valence-electron chi connectivity index (χ2n) is 11.0. The van der Waals surface area contributed by atoms with Crippen molar-refractivity contribution in [2.75, 3.05) is 0 Å². The molecule has 0 spiro atoms. The second-order valence-corrected chi connectivity index (χ2v) is 11.0. The normalized spacial score (nSPS) is 16.5. The fourth-order valence-corrected chi connectivity index (χ4v) is 6.80. The molecule has 6 aromatic carbocycles. The van der Waals surface area contributed by atoms with Crippen LogP contribution in [0.1, 0.15) is 15.9 Å². The molecule has 6 aromatic rings. The molecule has 9 rings (SSSR count). The molecule has 0 aromatic heterocycles. The van der Waals surface area contributed by atoms with Crippen molar-refractivity contribution in [3.05, 3.63) is 151 Å². The van der Waals surface area contributed by atoms with E-state index in [2.05, 4.69) is 115 Å². The number of benzene rings is 6. The smallest absolute Gasteiger partial charge is 0.426 e. The molecule has 196 valence electrons. The standard InChI is InChI=1S/C39H24NO2/c41-39-33-16-6-5-15-32(33)34-21-27(31-18-8-12-25-10-2-4-14-29(25)31)23-37-38(34)40(39)35-20-19-26(22-36(35)42-37)30-17-7-11-24-9-1-3-13-28(24)30/h1-23,36H/q+1.